The van der Waals surface area contributed by atoms with Crippen molar-refractivity contribution in [2.75, 3.05) is 13.1 Å². The Hall–Kier alpha value is -1.58. The maximum Gasteiger partial charge on any atom is 0.254 e. The van der Waals surface area contributed by atoms with Crippen molar-refractivity contribution < 1.29 is 9.52 Å². The maximum atomic E-state index is 11.3. The number of hydrogen-bond acceptors (Lipinski definition) is 2. The van der Waals surface area contributed by atoms with Crippen LogP contribution in [0.25, 0.3) is 0 Å². The molecule has 2 heterocycles. The first-order chi connectivity index (χ1) is 5.77. The van der Waals surface area contributed by atoms with E-state index in [1.165, 1.54) is 24.5 Å². The van der Waals surface area contributed by atoms with Gasteiger partial charge in [-0.25, -0.2) is 0 Å². The Kier molecular flexibility index (Phi) is 1.46. The third-order valence-electron chi connectivity index (χ3n) is 1.78. The Balaban J connectivity index is 2.22. The van der Waals surface area contributed by atoms with E-state index in [9.17, 15) is 10.0 Å². The molecule has 1 amide bonds. The van der Waals surface area contributed by atoms with E-state index in [2.05, 4.69) is 0 Å². The highest BCUT2D eigenvalue weighted by Crippen LogP contribution is 2.10. The predicted octanol–water partition coefficient (Wildman–Crippen LogP) is -0.224. The van der Waals surface area contributed by atoms with Crippen molar-refractivity contribution in [2.24, 2.45) is 0 Å². The van der Waals surface area contributed by atoms with Crippen LogP contribution in [0.2, 0.25) is 0 Å². The van der Waals surface area contributed by atoms with Gasteiger partial charge in [-0.2, -0.15) is 4.73 Å². The fraction of sp³-hybridized carbons (Fsp3) is 0.250. The van der Waals surface area contributed by atoms with Gasteiger partial charge in [0.1, 0.15) is 0 Å². The van der Waals surface area contributed by atoms with E-state index in [-0.39, 0.29) is 5.91 Å². The summed E-state index contributed by atoms with van der Waals surface area (Å²) >= 11 is 0. The summed E-state index contributed by atoms with van der Waals surface area (Å²) in [7, 11) is 0. The molecule has 1 aliphatic heterocycles. The number of pyridine rings is 1. The molecule has 0 N–H and O–H groups in total. The van der Waals surface area contributed by atoms with E-state index in [0.717, 1.165) is 13.1 Å². The molecule has 0 radical (unpaired) electrons. The highest BCUT2D eigenvalue weighted by atomic mass is 16.5. The van der Waals surface area contributed by atoms with Gasteiger partial charge in [0, 0.05) is 25.2 Å². The van der Waals surface area contributed by atoms with Gasteiger partial charge in [0.15, 0.2) is 12.4 Å². The topological polar surface area (TPSA) is 47.0 Å². The number of nitrogens with zero attached hydrogens (tertiary/aromatic N) is 2. The monoisotopic (exact) mass is 164 g/mol. The van der Waals surface area contributed by atoms with Gasteiger partial charge < -0.3 is 10.1 Å². The molecule has 4 heteroatoms. The summed E-state index contributed by atoms with van der Waals surface area (Å²) in [6.07, 6.45) is 2.66. The van der Waals surface area contributed by atoms with Crippen LogP contribution in [0.5, 0.6) is 0 Å². The first kappa shape index (κ1) is 7.09. The summed E-state index contributed by atoms with van der Waals surface area (Å²) < 4.78 is 0.666. The van der Waals surface area contributed by atoms with Gasteiger partial charge in [-0.05, 0) is 0 Å². The van der Waals surface area contributed by atoms with E-state index < -0.39 is 0 Å². The fourth-order valence-electron chi connectivity index (χ4n) is 0.991. The predicted molar refractivity (Wildman–Crippen MR) is 41.3 cm³/mol. The minimum absolute atomic E-state index is 0.00981. The van der Waals surface area contributed by atoms with Crippen molar-refractivity contribution in [3.8, 4) is 0 Å². The van der Waals surface area contributed by atoms with E-state index >= 15 is 0 Å². The quantitative estimate of drug-likeness (QED) is 0.327. The lowest BCUT2D eigenvalue weighted by Crippen LogP contribution is -2.25. The number of aromatic nitrogens is 1. The van der Waals surface area contributed by atoms with Gasteiger partial charge in [0.2, 0.25) is 0 Å². The lowest BCUT2D eigenvalue weighted by molar-refractivity contribution is -0.605. The van der Waals surface area contributed by atoms with Crippen molar-refractivity contribution in [3.05, 3.63) is 35.3 Å². The molecule has 1 aliphatic rings. The van der Waals surface area contributed by atoms with Gasteiger partial charge in [0.05, 0.1) is 5.56 Å². The highest BCUT2D eigenvalue weighted by molar-refractivity contribution is 5.95. The second-order valence-corrected chi connectivity index (χ2v) is 2.74. The molecule has 1 fully saturated rings. The molecule has 4 nitrogen and oxygen atoms in total. The summed E-state index contributed by atoms with van der Waals surface area (Å²) in [6, 6.07) is 3.07. The first-order valence-electron chi connectivity index (χ1n) is 3.75. The van der Waals surface area contributed by atoms with Gasteiger partial charge in [0.25, 0.3) is 5.91 Å². The number of carbonyl (C=O) groups is 1. The van der Waals surface area contributed by atoms with Crippen molar-refractivity contribution in [1.82, 2.24) is 4.90 Å². The highest BCUT2D eigenvalue weighted by Gasteiger charge is 2.25. The van der Waals surface area contributed by atoms with Crippen LogP contribution in [0, 0.1) is 5.21 Å². The number of rotatable bonds is 1. The average Bonchev–Trinajstić information content (AvgIpc) is 2.87. The van der Waals surface area contributed by atoms with Gasteiger partial charge in [-0.3, -0.25) is 4.79 Å². The van der Waals surface area contributed by atoms with Crippen molar-refractivity contribution in [1.29, 1.82) is 0 Å². The Labute approximate surface area is 69.6 Å². The van der Waals surface area contributed by atoms with E-state index in [0.29, 0.717) is 10.3 Å². The van der Waals surface area contributed by atoms with Crippen LogP contribution in [-0.4, -0.2) is 23.9 Å². The largest absolute Gasteiger partial charge is 0.619 e. The number of carbonyl (C=O) groups excluding carboxylic acids is 1. The summed E-state index contributed by atoms with van der Waals surface area (Å²) in [5, 5.41) is 10.6. The zero-order valence-electron chi connectivity index (χ0n) is 6.43. The molecule has 0 bridgehead atoms. The molecule has 1 aromatic heterocycles. The summed E-state index contributed by atoms with van der Waals surface area (Å²) in [5.74, 6) is 0.00981. The fourth-order valence-corrected chi connectivity index (χ4v) is 0.991. The molecule has 0 aliphatic carbocycles. The van der Waals surface area contributed by atoms with E-state index in [1.54, 1.807) is 4.90 Å². The Morgan fingerprint density at radius 1 is 1.42 bits per heavy atom. The summed E-state index contributed by atoms with van der Waals surface area (Å²) in [5.41, 5.74) is 0.583. The molecule has 0 spiro atoms. The molecule has 0 saturated carbocycles. The van der Waals surface area contributed by atoms with Crippen molar-refractivity contribution >= 4 is 5.91 Å². The molecule has 2 rings (SSSR count). The molecule has 0 unspecified atom stereocenters. The molecule has 12 heavy (non-hydrogen) atoms. The smallest absolute Gasteiger partial charge is 0.254 e. The third kappa shape index (κ3) is 1.23. The maximum absolute atomic E-state index is 11.3. The van der Waals surface area contributed by atoms with E-state index in [1.807, 2.05) is 0 Å². The third-order valence-corrected chi connectivity index (χ3v) is 1.78. The van der Waals surface area contributed by atoms with Gasteiger partial charge in [-0.15, -0.1) is 0 Å². The van der Waals surface area contributed by atoms with Crippen molar-refractivity contribution in [3.63, 3.8) is 0 Å². The standard InChI is InChI=1S/C8H8N2O2/c11-8(9-5-6-9)7-1-3-10(12)4-2-7/h1-4H,5-6H2. The van der Waals surface area contributed by atoms with Gasteiger partial charge in [-0.1, -0.05) is 0 Å². The molecule has 0 atom stereocenters. The molecule has 0 aromatic carbocycles. The minimum Gasteiger partial charge on any atom is -0.619 e. The first-order valence-corrected chi connectivity index (χ1v) is 3.75. The average molecular weight is 164 g/mol. The molecular weight excluding hydrogens is 156 g/mol. The Bertz CT molecular complexity index is 303. The van der Waals surface area contributed by atoms with Crippen LogP contribution in [0.4, 0.5) is 0 Å². The number of amides is 1. The Morgan fingerprint density at radius 3 is 2.50 bits per heavy atom. The second-order valence-electron chi connectivity index (χ2n) is 2.74. The molecular formula is C8H8N2O2. The zero-order valence-corrected chi connectivity index (χ0v) is 6.43. The van der Waals surface area contributed by atoms with Crippen LogP contribution in [0.1, 0.15) is 10.4 Å². The van der Waals surface area contributed by atoms with Crippen LogP contribution >= 0.6 is 0 Å². The van der Waals surface area contributed by atoms with Crippen LogP contribution in [0.15, 0.2) is 24.5 Å². The summed E-state index contributed by atoms with van der Waals surface area (Å²) in [4.78, 5) is 13.0. The minimum atomic E-state index is 0.00981. The number of hydrogen-bond donors (Lipinski definition) is 0. The van der Waals surface area contributed by atoms with Crippen LogP contribution < -0.4 is 4.73 Å². The molecule has 62 valence electrons. The SMILES string of the molecule is O=C(c1cc[n+]([O-])cc1)N1CC1. The Morgan fingerprint density at radius 2 is 2.00 bits per heavy atom. The lowest BCUT2D eigenvalue weighted by Gasteiger charge is -2.00. The summed E-state index contributed by atoms with van der Waals surface area (Å²) in [6.45, 7) is 1.68. The van der Waals surface area contributed by atoms with Crippen LogP contribution in [-0.2, 0) is 0 Å². The zero-order chi connectivity index (χ0) is 8.55. The van der Waals surface area contributed by atoms with Gasteiger partial charge >= 0.3 is 0 Å². The van der Waals surface area contributed by atoms with Crippen LogP contribution in [0.3, 0.4) is 0 Å². The molecule has 1 saturated heterocycles. The van der Waals surface area contributed by atoms with Crippen molar-refractivity contribution in [2.45, 2.75) is 0 Å². The van der Waals surface area contributed by atoms with E-state index in [4.69, 9.17) is 0 Å². The second kappa shape index (κ2) is 2.48. The molecule has 1 aromatic rings. The lowest BCUT2D eigenvalue weighted by atomic mass is 10.2. The normalized spacial score (nSPS) is 14.5.